The molecule has 0 radical (unpaired) electrons. The maximum atomic E-state index is 11.1. The van der Waals surface area contributed by atoms with E-state index in [2.05, 4.69) is 20.7 Å². The van der Waals surface area contributed by atoms with Crippen LogP contribution in [0.4, 0.5) is 17.2 Å². The van der Waals surface area contributed by atoms with Crippen LogP contribution in [0.1, 0.15) is 10.5 Å². The Morgan fingerprint density at radius 2 is 2.22 bits per heavy atom. The number of carbonyl (C=O) groups is 1. The molecule has 0 aliphatic rings. The Balaban J connectivity index is 2.28. The summed E-state index contributed by atoms with van der Waals surface area (Å²) in [7, 11) is 1.55. The molecule has 1 aromatic heterocycles. The van der Waals surface area contributed by atoms with E-state index in [0.717, 1.165) is 0 Å². The number of amides is 1. The molecule has 0 atom stereocenters. The second kappa shape index (κ2) is 4.62. The quantitative estimate of drug-likeness (QED) is 0.573. The number of anilines is 3. The van der Waals surface area contributed by atoms with Gasteiger partial charge in [-0.1, -0.05) is 0 Å². The van der Waals surface area contributed by atoms with Crippen LogP contribution in [0.2, 0.25) is 0 Å². The normalized spacial score (nSPS) is 10.1. The van der Waals surface area contributed by atoms with Crippen LogP contribution >= 0.6 is 0 Å². The van der Waals surface area contributed by atoms with E-state index in [-0.39, 0.29) is 11.5 Å². The minimum Gasteiger partial charge on any atom is -0.497 e. The van der Waals surface area contributed by atoms with Crippen molar-refractivity contribution in [1.29, 1.82) is 0 Å². The number of benzene rings is 1. The molecule has 0 bridgehead atoms. The molecule has 1 aromatic carbocycles. The summed E-state index contributed by atoms with van der Waals surface area (Å²) in [5, 5.41) is 12.6. The fourth-order valence-electron chi connectivity index (χ4n) is 1.40. The van der Waals surface area contributed by atoms with Crippen molar-refractivity contribution in [3.8, 4) is 5.75 Å². The van der Waals surface area contributed by atoms with Crippen molar-refractivity contribution in [1.82, 2.24) is 15.4 Å². The highest BCUT2D eigenvalue weighted by Crippen LogP contribution is 2.27. The van der Waals surface area contributed by atoms with Crippen LogP contribution < -0.4 is 21.5 Å². The van der Waals surface area contributed by atoms with Crippen LogP contribution in [0.15, 0.2) is 18.2 Å². The number of rotatable bonds is 4. The van der Waals surface area contributed by atoms with Crippen LogP contribution in [-0.2, 0) is 0 Å². The first-order valence-electron chi connectivity index (χ1n) is 5.03. The minimum atomic E-state index is -0.682. The van der Waals surface area contributed by atoms with Crippen LogP contribution in [0.3, 0.4) is 0 Å². The van der Waals surface area contributed by atoms with E-state index >= 15 is 0 Å². The summed E-state index contributed by atoms with van der Waals surface area (Å²) in [4.78, 5) is 11.1. The maximum absolute atomic E-state index is 11.1. The topological polar surface area (TPSA) is 132 Å². The molecule has 1 amide bonds. The van der Waals surface area contributed by atoms with E-state index in [9.17, 15) is 4.79 Å². The van der Waals surface area contributed by atoms with Gasteiger partial charge < -0.3 is 21.5 Å². The Morgan fingerprint density at radius 1 is 1.44 bits per heavy atom. The fourth-order valence-corrected chi connectivity index (χ4v) is 1.40. The lowest BCUT2D eigenvalue weighted by molar-refractivity contribution is 0.0996. The van der Waals surface area contributed by atoms with Crippen molar-refractivity contribution < 1.29 is 9.53 Å². The molecule has 0 saturated heterocycles. The summed E-state index contributed by atoms with van der Waals surface area (Å²) < 4.78 is 5.03. The Hall–Kier alpha value is -2.77. The van der Waals surface area contributed by atoms with Crippen molar-refractivity contribution in [3.63, 3.8) is 0 Å². The van der Waals surface area contributed by atoms with E-state index in [1.165, 1.54) is 0 Å². The van der Waals surface area contributed by atoms with Gasteiger partial charge in [0.05, 0.1) is 18.5 Å². The molecule has 18 heavy (non-hydrogen) atoms. The van der Waals surface area contributed by atoms with E-state index < -0.39 is 5.91 Å². The number of aromatic amines is 1. The predicted molar refractivity (Wildman–Crippen MR) is 65.6 cm³/mol. The number of hydrogen-bond donors (Lipinski definition) is 4. The molecule has 0 saturated carbocycles. The first kappa shape index (κ1) is 11.7. The smallest absolute Gasteiger partial charge is 0.273 e. The zero-order chi connectivity index (χ0) is 13.1. The number of carbonyl (C=O) groups excluding carboxylic acids is 1. The van der Waals surface area contributed by atoms with Gasteiger partial charge in [-0.2, -0.15) is 5.21 Å². The highest BCUT2D eigenvalue weighted by atomic mass is 16.5. The van der Waals surface area contributed by atoms with Gasteiger partial charge in [-0.25, -0.2) is 0 Å². The van der Waals surface area contributed by atoms with Gasteiger partial charge in [-0.15, -0.1) is 10.2 Å². The number of primary amides is 1. The summed E-state index contributed by atoms with van der Waals surface area (Å²) in [5.41, 5.74) is 12.0. The Kier molecular flexibility index (Phi) is 3.00. The van der Waals surface area contributed by atoms with E-state index in [1.54, 1.807) is 25.3 Å². The average molecular weight is 248 g/mol. The molecule has 2 aromatic rings. The molecule has 8 nitrogen and oxygen atoms in total. The Morgan fingerprint density at radius 3 is 2.83 bits per heavy atom. The molecule has 0 aliphatic carbocycles. The number of nitrogens with two attached hydrogens (primary N) is 2. The molecule has 8 heteroatoms. The minimum absolute atomic E-state index is 0.0187. The predicted octanol–water partition coefficient (Wildman–Crippen LogP) is 0.238. The third-order valence-electron chi connectivity index (χ3n) is 2.29. The van der Waals surface area contributed by atoms with Gasteiger partial charge in [0, 0.05) is 6.07 Å². The van der Waals surface area contributed by atoms with Gasteiger partial charge >= 0.3 is 0 Å². The number of methoxy groups -OCH3 is 1. The zero-order valence-electron chi connectivity index (χ0n) is 9.60. The molecular weight excluding hydrogens is 236 g/mol. The van der Waals surface area contributed by atoms with Crippen molar-refractivity contribution in [2.75, 3.05) is 18.2 Å². The van der Waals surface area contributed by atoms with Gasteiger partial charge in [0.25, 0.3) is 5.91 Å². The number of nitrogens with zero attached hydrogens (tertiary/aromatic N) is 2. The van der Waals surface area contributed by atoms with Crippen LogP contribution in [-0.4, -0.2) is 28.4 Å². The number of hydrogen-bond acceptors (Lipinski definition) is 6. The zero-order valence-corrected chi connectivity index (χ0v) is 9.60. The van der Waals surface area contributed by atoms with Gasteiger partial charge in [-0.3, -0.25) is 4.79 Å². The average Bonchev–Trinajstić information content (AvgIpc) is 2.80. The maximum Gasteiger partial charge on any atom is 0.273 e. The number of nitrogens with one attached hydrogen (secondary N) is 2. The second-order valence-corrected chi connectivity index (χ2v) is 3.46. The van der Waals surface area contributed by atoms with Crippen LogP contribution in [0.5, 0.6) is 5.75 Å². The molecule has 1 heterocycles. The van der Waals surface area contributed by atoms with Crippen LogP contribution in [0.25, 0.3) is 0 Å². The third kappa shape index (κ3) is 2.17. The van der Waals surface area contributed by atoms with Crippen LogP contribution in [0, 0.1) is 0 Å². The molecule has 0 aliphatic heterocycles. The lowest BCUT2D eigenvalue weighted by Crippen LogP contribution is -2.13. The summed E-state index contributed by atoms with van der Waals surface area (Å²) in [6.07, 6.45) is 0. The standard InChI is InChI=1S/C10H12N6O2/c1-18-5-2-3-7(6(11)4-5)13-10-8(9(12)17)14-16-15-10/h2-4H,11H2,1H3,(H2,12,17)(H2,13,14,15,16). The molecule has 0 unspecified atom stereocenters. The molecule has 94 valence electrons. The van der Waals surface area contributed by atoms with Crippen molar-refractivity contribution in [2.45, 2.75) is 0 Å². The molecular formula is C10H12N6O2. The van der Waals surface area contributed by atoms with Gasteiger partial charge in [-0.05, 0) is 12.1 Å². The van der Waals surface area contributed by atoms with Crippen molar-refractivity contribution in [3.05, 3.63) is 23.9 Å². The number of nitrogen functional groups attached to an aromatic ring is 1. The lowest BCUT2D eigenvalue weighted by Gasteiger charge is -2.08. The Bertz CT molecular complexity index is 579. The van der Waals surface area contributed by atoms with Crippen molar-refractivity contribution >= 4 is 23.1 Å². The highest BCUT2D eigenvalue weighted by Gasteiger charge is 2.14. The number of H-pyrrole nitrogens is 1. The molecule has 2 rings (SSSR count). The SMILES string of the molecule is COc1ccc(Nc2n[nH]nc2C(N)=O)c(N)c1. The molecule has 0 spiro atoms. The fraction of sp³-hybridized carbons (Fsp3) is 0.100. The Labute approximate surface area is 102 Å². The van der Waals surface area contributed by atoms with Gasteiger partial charge in [0.15, 0.2) is 11.5 Å². The molecule has 6 N–H and O–H groups in total. The largest absolute Gasteiger partial charge is 0.497 e. The number of aromatic nitrogens is 3. The van der Waals surface area contributed by atoms with E-state index in [0.29, 0.717) is 17.1 Å². The summed E-state index contributed by atoms with van der Waals surface area (Å²) in [5.74, 6) is 0.172. The third-order valence-corrected chi connectivity index (χ3v) is 2.29. The summed E-state index contributed by atoms with van der Waals surface area (Å²) in [6.45, 7) is 0. The summed E-state index contributed by atoms with van der Waals surface area (Å²) >= 11 is 0. The van der Waals surface area contributed by atoms with Crippen molar-refractivity contribution in [2.24, 2.45) is 5.73 Å². The lowest BCUT2D eigenvalue weighted by atomic mass is 10.2. The first-order valence-corrected chi connectivity index (χ1v) is 5.03. The first-order chi connectivity index (χ1) is 8.61. The highest BCUT2D eigenvalue weighted by molar-refractivity contribution is 5.96. The number of ether oxygens (including phenoxy) is 1. The van der Waals surface area contributed by atoms with Gasteiger partial charge in [0.1, 0.15) is 5.75 Å². The monoisotopic (exact) mass is 248 g/mol. The molecule has 0 fully saturated rings. The second-order valence-electron chi connectivity index (χ2n) is 3.46. The summed E-state index contributed by atoms with van der Waals surface area (Å²) in [6, 6.07) is 5.07. The van der Waals surface area contributed by atoms with E-state index in [4.69, 9.17) is 16.2 Å². The van der Waals surface area contributed by atoms with E-state index in [1.807, 2.05) is 0 Å². The van der Waals surface area contributed by atoms with Gasteiger partial charge in [0.2, 0.25) is 0 Å².